The SMILES string of the molecule is Cc1nc(Cn2c(=O)oc3cc(S(=O)(=O)Nc4ccc(C)c(C)c4)ccc32)no1. The predicted octanol–water partition coefficient (Wildman–Crippen LogP) is 2.75. The zero-order valence-electron chi connectivity index (χ0n) is 16.0. The highest BCUT2D eigenvalue weighted by Gasteiger charge is 2.19. The number of anilines is 1. The zero-order chi connectivity index (χ0) is 20.8. The molecule has 2 aromatic heterocycles. The maximum absolute atomic E-state index is 12.8. The molecule has 4 rings (SSSR count). The number of hydrogen-bond acceptors (Lipinski definition) is 7. The number of nitrogens with one attached hydrogen (secondary N) is 1. The highest BCUT2D eigenvalue weighted by atomic mass is 32.2. The van der Waals surface area contributed by atoms with Gasteiger partial charge in [0.1, 0.15) is 0 Å². The van der Waals surface area contributed by atoms with Gasteiger partial charge in [-0.1, -0.05) is 11.2 Å². The number of rotatable bonds is 5. The van der Waals surface area contributed by atoms with Crippen LogP contribution >= 0.6 is 0 Å². The van der Waals surface area contributed by atoms with Crippen LogP contribution in [-0.2, 0) is 16.6 Å². The second-order valence-electron chi connectivity index (χ2n) is 6.72. The van der Waals surface area contributed by atoms with Crippen LogP contribution in [0, 0.1) is 20.8 Å². The lowest BCUT2D eigenvalue weighted by atomic mass is 10.1. The molecule has 0 radical (unpaired) electrons. The molecule has 0 aliphatic carbocycles. The van der Waals surface area contributed by atoms with Gasteiger partial charge in [-0.3, -0.25) is 9.29 Å². The van der Waals surface area contributed by atoms with Crippen molar-refractivity contribution < 1.29 is 17.4 Å². The number of hydrogen-bond donors (Lipinski definition) is 1. The minimum atomic E-state index is -3.85. The number of benzene rings is 2. The second-order valence-corrected chi connectivity index (χ2v) is 8.40. The lowest BCUT2D eigenvalue weighted by Crippen LogP contribution is -2.15. The molecule has 0 bridgehead atoms. The van der Waals surface area contributed by atoms with Crippen molar-refractivity contribution in [3.05, 3.63) is 69.8 Å². The van der Waals surface area contributed by atoms with E-state index in [9.17, 15) is 13.2 Å². The monoisotopic (exact) mass is 414 g/mol. The van der Waals surface area contributed by atoms with Gasteiger partial charge in [-0.15, -0.1) is 0 Å². The summed E-state index contributed by atoms with van der Waals surface area (Å²) in [5.74, 6) is 0.0613. The fourth-order valence-electron chi connectivity index (χ4n) is 2.93. The Balaban J connectivity index is 1.68. The molecule has 0 amide bonds. The summed E-state index contributed by atoms with van der Waals surface area (Å²) in [7, 11) is -3.85. The molecule has 2 aromatic carbocycles. The molecule has 0 fully saturated rings. The molecular formula is C19H18N4O5S. The lowest BCUT2D eigenvalue weighted by molar-refractivity contribution is 0.385. The summed E-state index contributed by atoms with van der Waals surface area (Å²) >= 11 is 0. The normalized spacial score (nSPS) is 11.8. The first-order valence-electron chi connectivity index (χ1n) is 8.75. The molecule has 0 aliphatic heterocycles. The summed E-state index contributed by atoms with van der Waals surface area (Å²) in [5, 5.41) is 3.76. The van der Waals surface area contributed by atoms with Crippen molar-refractivity contribution in [1.29, 1.82) is 0 Å². The van der Waals surface area contributed by atoms with Crippen LogP contribution in [0.1, 0.15) is 22.8 Å². The van der Waals surface area contributed by atoms with Gasteiger partial charge in [0.2, 0.25) is 5.89 Å². The molecule has 0 spiro atoms. The van der Waals surface area contributed by atoms with Crippen LogP contribution in [0.15, 0.2) is 55.0 Å². The van der Waals surface area contributed by atoms with Crippen molar-refractivity contribution in [3.63, 3.8) is 0 Å². The number of aromatic nitrogens is 3. The van der Waals surface area contributed by atoms with Crippen molar-refractivity contribution in [2.75, 3.05) is 4.72 Å². The lowest BCUT2D eigenvalue weighted by Gasteiger charge is -2.10. The van der Waals surface area contributed by atoms with Crippen LogP contribution in [0.2, 0.25) is 0 Å². The van der Waals surface area contributed by atoms with E-state index in [0.29, 0.717) is 22.9 Å². The van der Waals surface area contributed by atoms with Gasteiger partial charge in [0.05, 0.1) is 17.0 Å². The third-order valence-corrected chi connectivity index (χ3v) is 5.96. The van der Waals surface area contributed by atoms with Gasteiger partial charge in [0.25, 0.3) is 10.0 Å². The van der Waals surface area contributed by atoms with Crippen molar-refractivity contribution in [2.45, 2.75) is 32.2 Å². The van der Waals surface area contributed by atoms with Crippen LogP contribution in [0.3, 0.4) is 0 Å². The third-order valence-electron chi connectivity index (χ3n) is 4.58. The first-order valence-corrected chi connectivity index (χ1v) is 10.2. The molecule has 2 heterocycles. The first-order chi connectivity index (χ1) is 13.7. The Morgan fingerprint density at radius 1 is 1.07 bits per heavy atom. The van der Waals surface area contributed by atoms with Gasteiger partial charge in [-0.25, -0.2) is 13.2 Å². The van der Waals surface area contributed by atoms with Gasteiger partial charge < -0.3 is 8.94 Å². The van der Waals surface area contributed by atoms with E-state index in [2.05, 4.69) is 14.9 Å². The highest BCUT2D eigenvalue weighted by Crippen LogP contribution is 2.22. The van der Waals surface area contributed by atoms with Crippen molar-refractivity contribution in [1.82, 2.24) is 14.7 Å². The minimum absolute atomic E-state index is 0.0143. The molecule has 0 atom stereocenters. The van der Waals surface area contributed by atoms with Crippen molar-refractivity contribution in [2.24, 2.45) is 0 Å². The summed E-state index contributed by atoms with van der Waals surface area (Å²) in [6.45, 7) is 5.55. The molecule has 0 aliphatic rings. The fourth-order valence-corrected chi connectivity index (χ4v) is 3.99. The molecule has 10 heteroatoms. The molecule has 9 nitrogen and oxygen atoms in total. The smallest absolute Gasteiger partial charge is 0.408 e. The molecule has 29 heavy (non-hydrogen) atoms. The van der Waals surface area contributed by atoms with E-state index in [4.69, 9.17) is 8.94 Å². The summed E-state index contributed by atoms with van der Waals surface area (Å²) in [5.41, 5.74) is 3.08. The van der Waals surface area contributed by atoms with E-state index < -0.39 is 15.8 Å². The van der Waals surface area contributed by atoms with Crippen LogP contribution in [0.5, 0.6) is 0 Å². The largest absolute Gasteiger partial charge is 0.420 e. The van der Waals surface area contributed by atoms with E-state index in [1.54, 1.807) is 19.1 Å². The number of oxazole rings is 1. The van der Waals surface area contributed by atoms with Crippen LogP contribution in [0.4, 0.5) is 5.69 Å². The zero-order valence-corrected chi connectivity index (χ0v) is 16.8. The van der Waals surface area contributed by atoms with Gasteiger partial charge in [-0.05, 0) is 49.2 Å². The Kier molecular flexibility index (Phi) is 4.50. The molecule has 4 aromatic rings. The van der Waals surface area contributed by atoms with Gasteiger partial charge in [0, 0.05) is 18.7 Å². The van der Waals surface area contributed by atoms with Gasteiger partial charge >= 0.3 is 5.76 Å². The van der Waals surface area contributed by atoms with Gasteiger partial charge in [0.15, 0.2) is 11.4 Å². The molecular weight excluding hydrogens is 396 g/mol. The number of sulfonamides is 1. The number of nitrogens with zero attached hydrogens (tertiary/aromatic N) is 3. The Hall–Kier alpha value is -3.40. The Bertz CT molecular complexity index is 1380. The van der Waals surface area contributed by atoms with Crippen molar-refractivity contribution in [3.8, 4) is 0 Å². The number of aryl methyl sites for hydroxylation is 3. The summed E-state index contributed by atoms with van der Waals surface area (Å²) < 4.78 is 39.5. The van der Waals surface area contributed by atoms with E-state index >= 15 is 0 Å². The van der Waals surface area contributed by atoms with Crippen molar-refractivity contribution >= 4 is 26.8 Å². The quantitative estimate of drug-likeness (QED) is 0.533. The average Bonchev–Trinajstić information content (AvgIpc) is 3.21. The maximum Gasteiger partial charge on any atom is 0.420 e. The number of fused-ring (bicyclic) bond motifs is 1. The second kappa shape index (κ2) is 6.89. The predicted molar refractivity (Wildman–Crippen MR) is 105 cm³/mol. The topological polar surface area (TPSA) is 120 Å². The molecule has 150 valence electrons. The maximum atomic E-state index is 12.8. The molecule has 0 saturated heterocycles. The average molecular weight is 414 g/mol. The van der Waals surface area contributed by atoms with E-state index in [0.717, 1.165) is 11.1 Å². The summed E-state index contributed by atoms with van der Waals surface area (Å²) in [6.07, 6.45) is 0. The Morgan fingerprint density at radius 2 is 1.86 bits per heavy atom. The molecule has 0 saturated carbocycles. The summed E-state index contributed by atoms with van der Waals surface area (Å²) in [4.78, 5) is 16.3. The van der Waals surface area contributed by atoms with E-state index in [-0.39, 0.29) is 17.0 Å². The highest BCUT2D eigenvalue weighted by molar-refractivity contribution is 7.92. The van der Waals surface area contributed by atoms with E-state index in [1.807, 2.05) is 19.9 Å². The molecule has 1 N–H and O–H groups in total. The first kappa shape index (κ1) is 18.9. The van der Waals surface area contributed by atoms with Crippen LogP contribution < -0.4 is 10.5 Å². The Labute approximate surface area is 166 Å². The Morgan fingerprint density at radius 3 is 2.55 bits per heavy atom. The fraction of sp³-hybridized carbons (Fsp3) is 0.211. The van der Waals surface area contributed by atoms with E-state index in [1.165, 1.54) is 22.8 Å². The van der Waals surface area contributed by atoms with Crippen LogP contribution in [-0.4, -0.2) is 23.1 Å². The molecule has 0 unspecified atom stereocenters. The van der Waals surface area contributed by atoms with Crippen LogP contribution in [0.25, 0.3) is 11.1 Å². The third kappa shape index (κ3) is 3.66. The summed E-state index contributed by atoms with van der Waals surface area (Å²) in [6, 6.07) is 9.55. The minimum Gasteiger partial charge on any atom is -0.408 e. The standard InChI is InChI=1S/C19H18N4O5S/c1-11-4-5-14(8-12(11)2)22-29(25,26)15-6-7-16-17(9-15)27-19(24)23(16)10-18-20-13(3)28-21-18/h4-9,22H,10H2,1-3H3. The van der Waals surface area contributed by atoms with Gasteiger partial charge in [-0.2, -0.15) is 4.98 Å².